The molecule has 5 rings (SSSR count). The molecule has 38 heavy (non-hydrogen) atoms. The van der Waals surface area contributed by atoms with Crippen molar-refractivity contribution in [3.8, 4) is 0 Å². The predicted octanol–water partition coefficient (Wildman–Crippen LogP) is 5.81. The molecule has 3 atom stereocenters. The molecular weight excluding hydrogens is 501 g/mol. The van der Waals surface area contributed by atoms with E-state index in [9.17, 15) is 23.1 Å². The number of aromatic nitrogens is 2. The van der Waals surface area contributed by atoms with Gasteiger partial charge in [0.1, 0.15) is 17.9 Å². The summed E-state index contributed by atoms with van der Waals surface area (Å²) in [5, 5.41) is 11.5. The average molecular weight is 535 g/mol. The van der Waals surface area contributed by atoms with Crippen LogP contribution in [-0.2, 0) is 30.8 Å². The van der Waals surface area contributed by atoms with Crippen molar-refractivity contribution in [1.82, 2.24) is 9.97 Å². The summed E-state index contributed by atoms with van der Waals surface area (Å²) in [6.07, 6.45) is -4.28. The van der Waals surface area contributed by atoms with Crippen molar-refractivity contribution in [1.29, 1.82) is 0 Å². The van der Waals surface area contributed by atoms with Gasteiger partial charge in [-0.2, -0.15) is 13.2 Å². The first kappa shape index (κ1) is 27.0. The molecule has 7 nitrogen and oxygen atoms in total. The number of carbonyl (C=O) groups excluding carboxylic acids is 1. The van der Waals surface area contributed by atoms with Crippen LogP contribution >= 0.6 is 0 Å². The van der Waals surface area contributed by atoms with Crippen LogP contribution in [0.25, 0.3) is 0 Å². The third kappa shape index (κ3) is 4.40. The minimum atomic E-state index is -4.55. The van der Waals surface area contributed by atoms with Crippen molar-refractivity contribution in [3.63, 3.8) is 0 Å². The normalized spacial score (nSPS) is 25.8. The number of carbonyl (C=O) groups is 1. The Morgan fingerprint density at radius 3 is 2.42 bits per heavy atom. The SMILES string of the molecule is CC(=O)O[C@@H]1c2nc(C(C)C)c3c(c2[C@@H](O)CC1(C)C)C1(CCOCC1)OC3c1ccc(C(F)(F)F)nc1. The van der Waals surface area contributed by atoms with Crippen LogP contribution in [0.5, 0.6) is 0 Å². The Balaban J connectivity index is 1.78. The Labute approximate surface area is 219 Å². The van der Waals surface area contributed by atoms with Gasteiger partial charge in [0.25, 0.3) is 0 Å². The Bertz CT molecular complexity index is 1240. The average Bonchev–Trinajstić information content (AvgIpc) is 3.14. The lowest BCUT2D eigenvalue weighted by atomic mass is 9.68. The molecule has 1 spiro atoms. The number of hydrogen-bond donors (Lipinski definition) is 1. The van der Waals surface area contributed by atoms with Crippen molar-refractivity contribution in [2.24, 2.45) is 5.41 Å². The number of fused-ring (bicyclic) bond motifs is 4. The number of alkyl halides is 3. The molecule has 1 saturated heterocycles. The molecule has 10 heteroatoms. The summed E-state index contributed by atoms with van der Waals surface area (Å²) >= 11 is 0. The van der Waals surface area contributed by atoms with Crippen LogP contribution in [0, 0.1) is 5.41 Å². The van der Waals surface area contributed by atoms with Gasteiger partial charge in [0.15, 0.2) is 0 Å². The number of aliphatic hydroxyl groups is 1. The minimum absolute atomic E-state index is 0.0855. The van der Waals surface area contributed by atoms with Crippen LogP contribution in [0.2, 0.25) is 0 Å². The van der Waals surface area contributed by atoms with E-state index in [0.29, 0.717) is 55.0 Å². The second-order valence-corrected chi connectivity index (χ2v) is 11.5. The van der Waals surface area contributed by atoms with Crippen molar-refractivity contribution in [3.05, 3.63) is 57.7 Å². The summed E-state index contributed by atoms with van der Waals surface area (Å²) < 4.78 is 57.9. The van der Waals surface area contributed by atoms with Gasteiger partial charge in [-0.1, -0.05) is 33.8 Å². The molecule has 1 unspecified atom stereocenters. The second-order valence-electron chi connectivity index (χ2n) is 11.5. The van der Waals surface area contributed by atoms with Crippen LogP contribution in [0.4, 0.5) is 13.2 Å². The van der Waals surface area contributed by atoms with Crippen LogP contribution in [-0.4, -0.2) is 34.3 Å². The first-order valence-corrected chi connectivity index (χ1v) is 13.0. The number of halogens is 3. The fourth-order valence-corrected chi connectivity index (χ4v) is 6.22. The van der Waals surface area contributed by atoms with E-state index in [1.807, 2.05) is 27.7 Å². The van der Waals surface area contributed by atoms with Crippen molar-refractivity contribution >= 4 is 5.97 Å². The third-order valence-electron chi connectivity index (χ3n) is 7.91. The zero-order valence-corrected chi connectivity index (χ0v) is 22.2. The molecule has 0 bridgehead atoms. The van der Waals surface area contributed by atoms with Gasteiger partial charge < -0.3 is 19.3 Å². The number of esters is 1. The molecule has 3 aliphatic rings. The molecule has 2 aromatic rings. The minimum Gasteiger partial charge on any atom is -0.455 e. The smallest absolute Gasteiger partial charge is 0.433 e. The molecule has 1 N–H and O–H groups in total. The second kappa shape index (κ2) is 9.27. The highest BCUT2D eigenvalue weighted by Crippen LogP contribution is 2.59. The van der Waals surface area contributed by atoms with Gasteiger partial charge in [0, 0.05) is 67.0 Å². The van der Waals surface area contributed by atoms with Gasteiger partial charge in [-0.15, -0.1) is 0 Å². The lowest BCUT2D eigenvalue weighted by Crippen LogP contribution is -2.39. The molecule has 2 aliphatic heterocycles. The molecule has 0 amide bonds. The monoisotopic (exact) mass is 534 g/mol. The Hall–Kier alpha value is -2.56. The molecule has 0 aromatic carbocycles. The van der Waals surface area contributed by atoms with Crippen LogP contribution in [0.3, 0.4) is 0 Å². The zero-order chi connectivity index (χ0) is 27.6. The highest BCUT2D eigenvalue weighted by atomic mass is 19.4. The fraction of sp³-hybridized carbons (Fsp3) is 0.607. The van der Waals surface area contributed by atoms with Crippen molar-refractivity contribution in [2.75, 3.05) is 13.2 Å². The van der Waals surface area contributed by atoms with Crippen molar-refractivity contribution < 1.29 is 37.3 Å². The van der Waals surface area contributed by atoms with Gasteiger partial charge in [0.2, 0.25) is 0 Å². The van der Waals surface area contributed by atoms with E-state index < -0.39 is 47.2 Å². The maximum Gasteiger partial charge on any atom is 0.433 e. The first-order chi connectivity index (χ1) is 17.7. The summed E-state index contributed by atoms with van der Waals surface area (Å²) in [6, 6.07) is 2.36. The summed E-state index contributed by atoms with van der Waals surface area (Å²) in [4.78, 5) is 20.8. The summed E-state index contributed by atoms with van der Waals surface area (Å²) in [5.41, 5.74) is 1.47. The summed E-state index contributed by atoms with van der Waals surface area (Å²) in [7, 11) is 0. The maximum atomic E-state index is 13.2. The standard InChI is InChI=1S/C28H33F3N2O5/c1-14(2)22-20-21(19-17(35)12-26(4,5)25(23(19)33-22)37-15(3)34)27(8-10-36-11-9-27)38-24(20)16-6-7-18(32-13-16)28(29,30)31/h6-7,13-14,17,24-25,35H,8-12H2,1-5H3/t17-,24?,25+/m0/s1. The summed E-state index contributed by atoms with van der Waals surface area (Å²) in [5.74, 6) is -0.526. The predicted molar refractivity (Wildman–Crippen MR) is 130 cm³/mol. The van der Waals surface area contributed by atoms with Gasteiger partial charge in [-0.25, -0.2) is 0 Å². The van der Waals surface area contributed by atoms with E-state index in [1.54, 1.807) is 0 Å². The largest absolute Gasteiger partial charge is 0.455 e. The number of hydrogen-bond acceptors (Lipinski definition) is 7. The first-order valence-electron chi connectivity index (χ1n) is 13.0. The van der Waals surface area contributed by atoms with E-state index >= 15 is 0 Å². The zero-order valence-electron chi connectivity index (χ0n) is 22.2. The van der Waals surface area contributed by atoms with Gasteiger partial charge in [0.05, 0.1) is 17.4 Å². The lowest BCUT2D eigenvalue weighted by Gasteiger charge is -2.43. The molecule has 2 aromatic heterocycles. The number of rotatable bonds is 3. The molecule has 0 saturated carbocycles. The third-order valence-corrected chi connectivity index (χ3v) is 7.91. The topological polar surface area (TPSA) is 90.8 Å². The van der Waals surface area contributed by atoms with Gasteiger partial charge >= 0.3 is 12.1 Å². The molecule has 0 radical (unpaired) electrons. The molecule has 206 valence electrons. The molecule has 1 fully saturated rings. The van der Waals surface area contributed by atoms with Crippen LogP contribution in [0.15, 0.2) is 18.3 Å². The number of pyridine rings is 2. The highest BCUT2D eigenvalue weighted by Gasteiger charge is 2.54. The Morgan fingerprint density at radius 1 is 1.18 bits per heavy atom. The van der Waals surface area contributed by atoms with E-state index in [-0.39, 0.29) is 5.92 Å². The van der Waals surface area contributed by atoms with E-state index in [2.05, 4.69) is 4.98 Å². The Kier molecular flexibility index (Phi) is 6.60. The maximum absolute atomic E-state index is 13.2. The number of nitrogens with zero attached hydrogens (tertiary/aromatic N) is 2. The fourth-order valence-electron chi connectivity index (χ4n) is 6.22. The van der Waals surface area contributed by atoms with Crippen LogP contribution < -0.4 is 0 Å². The number of aliphatic hydroxyl groups excluding tert-OH is 1. The molecular formula is C28H33F3N2O5. The van der Waals surface area contributed by atoms with E-state index in [1.165, 1.54) is 19.2 Å². The Morgan fingerprint density at radius 2 is 1.87 bits per heavy atom. The molecule has 1 aliphatic carbocycles. The summed E-state index contributed by atoms with van der Waals surface area (Å²) in [6.45, 7) is 10.1. The molecule has 4 heterocycles. The lowest BCUT2D eigenvalue weighted by molar-refractivity contribution is -0.157. The van der Waals surface area contributed by atoms with Gasteiger partial charge in [-0.3, -0.25) is 14.8 Å². The van der Waals surface area contributed by atoms with E-state index in [4.69, 9.17) is 19.2 Å². The number of ether oxygens (including phenoxy) is 3. The van der Waals surface area contributed by atoms with Crippen LogP contribution in [0.1, 0.15) is 117 Å². The van der Waals surface area contributed by atoms with Crippen molar-refractivity contribution in [2.45, 2.75) is 89.9 Å². The quantitative estimate of drug-likeness (QED) is 0.497. The van der Waals surface area contributed by atoms with E-state index in [0.717, 1.165) is 17.2 Å². The highest BCUT2D eigenvalue weighted by molar-refractivity contribution is 5.67. The van der Waals surface area contributed by atoms with Gasteiger partial charge in [-0.05, 0) is 24.0 Å².